The molecule has 0 amide bonds. The van der Waals surface area contributed by atoms with E-state index in [1.807, 2.05) is 72.8 Å². The number of benzene rings is 2. The van der Waals surface area contributed by atoms with Gasteiger partial charge in [0.1, 0.15) is 12.4 Å². The lowest BCUT2D eigenvalue weighted by Gasteiger charge is -2.14. The largest absolute Gasteiger partial charge is 0.497 e. The SMILES string of the molecule is COc1ccc(-c2cc(OCc3ccccc3)c(Cl)nc2-c2ccncc2)cc1. The molecule has 0 atom stereocenters. The van der Waals surface area contributed by atoms with Crippen LogP contribution in [0.15, 0.2) is 85.2 Å². The molecule has 0 aliphatic carbocycles. The first-order valence-electron chi connectivity index (χ1n) is 9.16. The Hall–Kier alpha value is -3.37. The van der Waals surface area contributed by atoms with E-state index in [1.165, 1.54) is 0 Å². The summed E-state index contributed by atoms with van der Waals surface area (Å²) < 4.78 is 11.3. The van der Waals surface area contributed by atoms with Crippen molar-refractivity contribution < 1.29 is 9.47 Å². The maximum Gasteiger partial charge on any atom is 0.171 e. The average Bonchev–Trinajstić information content (AvgIpc) is 2.79. The lowest BCUT2D eigenvalue weighted by atomic mass is 9.99. The van der Waals surface area contributed by atoms with Gasteiger partial charge >= 0.3 is 0 Å². The molecule has 0 bridgehead atoms. The molecule has 2 aromatic heterocycles. The van der Waals surface area contributed by atoms with Crippen molar-refractivity contribution in [3.8, 4) is 33.9 Å². The maximum atomic E-state index is 6.48. The highest BCUT2D eigenvalue weighted by Crippen LogP contribution is 2.37. The first-order chi connectivity index (χ1) is 14.2. The van der Waals surface area contributed by atoms with Gasteiger partial charge in [-0.3, -0.25) is 4.98 Å². The summed E-state index contributed by atoms with van der Waals surface area (Å²) in [6, 6.07) is 23.6. The van der Waals surface area contributed by atoms with Gasteiger partial charge in [0.15, 0.2) is 10.9 Å². The van der Waals surface area contributed by atoms with Crippen molar-refractivity contribution in [3.63, 3.8) is 0 Å². The summed E-state index contributed by atoms with van der Waals surface area (Å²) in [7, 11) is 1.65. The van der Waals surface area contributed by atoms with Gasteiger partial charge in [-0.25, -0.2) is 4.98 Å². The second-order valence-corrected chi connectivity index (χ2v) is 6.77. The molecule has 0 saturated carbocycles. The summed E-state index contributed by atoms with van der Waals surface area (Å²) in [5, 5.41) is 0.324. The fourth-order valence-electron chi connectivity index (χ4n) is 3.03. The third kappa shape index (κ3) is 4.39. The topological polar surface area (TPSA) is 44.2 Å². The van der Waals surface area contributed by atoms with Gasteiger partial charge in [-0.15, -0.1) is 0 Å². The minimum Gasteiger partial charge on any atom is -0.497 e. The molecule has 2 heterocycles. The summed E-state index contributed by atoms with van der Waals surface area (Å²) in [4.78, 5) is 8.75. The maximum absolute atomic E-state index is 6.48. The van der Waals surface area contributed by atoms with E-state index in [4.69, 9.17) is 21.1 Å². The number of rotatable bonds is 6. The average molecular weight is 403 g/mol. The van der Waals surface area contributed by atoms with Gasteiger partial charge in [0.25, 0.3) is 0 Å². The molecule has 0 unspecified atom stereocenters. The van der Waals surface area contributed by atoms with Crippen LogP contribution in [0.3, 0.4) is 0 Å². The molecule has 0 aliphatic rings. The van der Waals surface area contributed by atoms with Crippen LogP contribution in [0.1, 0.15) is 5.56 Å². The van der Waals surface area contributed by atoms with Gasteiger partial charge in [-0.2, -0.15) is 0 Å². The molecule has 4 rings (SSSR count). The Bertz CT molecular complexity index is 1090. The van der Waals surface area contributed by atoms with Crippen LogP contribution < -0.4 is 9.47 Å². The molecule has 0 N–H and O–H groups in total. The molecule has 29 heavy (non-hydrogen) atoms. The number of methoxy groups -OCH3 is 1. The number of halogens is 1. The third-order valence-electron chi connectivity index (χ3n) is 4.54. The van der Waals surface area contributed by atoms with Gasteiger partial charge in [0, 0.05) is 23.5 Å². The number of ether oxygens (including phenoxy) is 2. The smallest absolute Gasteiger partial charge is 0.171 e. The molecule has 0 spiro atoms. The van der Waals surface area contributed by atoms with E-state index in [9.17, 15) is 0 Å². The Morgan fingerprint density at radius 1 is 0.862 bits per heavy atom. The molecule has 144 valence electrons. The van der Waals surface area contributed by atoms with Gasteiger partial charge < -0.3 is 9.47 Å². The van der Waals surface area contributed by atoms with Crippen molar-refractivity contribution in [2.75, 3.05) is 7.11 Å². The Labute approximate surface area is 174 Å². The van der Waals surface area contributed by atoms with E-state index in [0.717, 1.165) is 33.7 Å². The second-order valence-electron chi connectivity index (χ2n) is 6.41. The number of hydrogen-bond donors (Lipinski definition) is 0. The first-order valence-corrected chi connectivity index (χ1v) is 9.54. The Morgan fingerprint density at radius 2 is 1.59 bits per heavy atom. The van der Waals surface area contributed by atoms with E-state index in [-0.39, 0.29) is 0 Å². The van der Waals surface area contributed by atoms with Crippen molar-refractivity contribution in [1.82, 2.24) is 9.97 Å². The van der Waals surface area contributed by atoms with E-state index in [1.54, 1.807) is 19.5 Å². The van der Waals surface area contributed by atoms with Crippen molar-refractivity contribution in [1.29, 1.82) is 0 Å². The normalized spacial score (nSPS) is 10.6. The van der Waals surface area contributed by atoms with E-state index < -0.39 is 0 Å². The molecule has 4 nitrogen and oxygen atoms in total. The molecule has 2 aromatic carbocycles. The monoisotopic (exact) mass is 402 g/mol. The van der Waals surface area contributed by atoms with Crippen molar-refractivity contribution in [2.24, 2.45) is 0 Å². The third-order valence-corrected chi connectivity index (χ3v) is 4.81. The molecule has 4 aromatic rings. The number of hydrogen-bond acceptors (Lipinski definition) is 4. The van der Waals surface area contributed by atoms with Crippen LogP contribution in [0.5, 0.6) is 11.5 Å². The van der Waals surface area contributed by atoms with Crippen LogP contribution in [0, 0.1) is 0 Å². The summed E-state index contributed by atoms with van der Waals surface area (Å²) in [5.74, 6) is 1.33. The molecule has 0 aliphatic heterocycles. The van der Waals surface area contributed by atoms with Gasteiger partial charge in [0.2, 0.25) is 0 Å². The van der Waals surface area contributed by atoms with Crippen LogP contribution in [0.4, 0.5) is 0 Å². The van der Waals surface area contributed by atoms with Crippen molar-refractivity contribution in [3.05, 3.63) is 95.9 Å². The van der Waals surface area contributed by atoms with Crippen molar-refractivity contribution >= 4 is 11.6 Å². The minimum absolute atomic E-state index is 0.324. The lowest BCUT2D eigenvalue weighted by Crippen LogP contribution is -1.99. The molecule has 0 radical (unpaired) electrons. The fourth-order valence-corrected chi connectivity index (χ4v) is 3.22. The van der Waals surface area contributed by atoms with Crippen LogP contribution in [0.25, 0.3) is 22.4 Å². The van der Waals surface area contributed by atoms with Gasteiger partial charge in [-0.05, 0) is 41.5 Å². The van der Waals surface area contributed by atoms with Gasteiger partial charge in [-0.1, -0.05) is 54.1 Å². The first kappa shape index (κ1) is 19.0. The lowest BCUT2D eigenvalue weighted by molar-refractivity contribution is 0.305. The predicted octanol–water partition coefficient (Wildman–Crippen LogP) is 6.05. The highest BCUT2D eigenvalue weighted by Gasteiger charge is 2.15. The van der Waals surface area contributed by atoms with E-state index >= 15 is 0 Å². The highest BCUT2D eigenvalue weighted by molar-refractivity contribution is 6.31. The zero-order chi connectivity index (χ0) is 20.1. The second kappa shape index (κ2) is 8.76. The predicted molar refractivity (Wildman–Crippen MR) is 115 cm³/mol. The summed E-state index contributed by atoms with van der Waals surface area (Å²) in [6.07, 6.45) is 3.48. The van der Waals surface area contributed by atoms with Crippen LogP contribution in [-0.4, -0.2) is 17.1 Å². The molecule has 5 heteroatoms. The molecular formula is C24H19ClN2O2. The quantitative estimate of drug-likeness (QED) is 0.368. The molecule has 0 saturated heterocycles. The van der Waals surface area contributed by atoms with Crippen LogP contribution in [0.2, 0.25) is 5.15 Å². The highest BCUT2D eigenvalue weighted by atomic mass is 35.5. The number of pyridine rings is 2. The number of nitrogens with zero attached hydrogens (tertiary/aromatic N) is 2. The van der Waals surface area contributed by atoms with Gasteiger partial charge in [0.05, 0.1) is 12.8 Å². The molecule has 0 fully saturated rings. The van der Waals surface area contributed by atoms with Crippen LogP contribution >= 0.6 is 11.6 Å². The zero-order valence-electron chi connectivity index (χ0n) is 15.9. The molecular weight excluding hydrogens is 384 g/mol. The summed E-state index contributed by atoms with van der Waals surface area (Å²) >= 11 is 6.48. The standard InChI is InChI=1S/C24H19ClN2O2/c1-28-20-9-7-18(8-10-20)21-15-22(29-16-17-5-3-2-4-6-17)24(25)27-23(21)19-11-13-26-14-12-19/h2-15H,16H2,1H3. The number of aromatic nitrogens is 2. The van der Waals surface area contributed by atoms with Crippen molar-refractivity contribution in [2.45, 2.75) is 6.61 Å². The van der Waals surface area contributed by atoms with Crippen LogP contribution in [-0.2, 0) is 6.61 Å². The summed E-state index contributed by atoms with van der Waals surface area (Å²) in [5.41, 5.74) is 4.68. The Morgan fingerprint density at radius 3 is 2.28 bits per heavy atom. The van der Waals surface area contributed by atoms with E-state index in [2.05, 4.69) is 9.97 Å². The zero-order valence-corrected chi connectivity index (χ0v) is 16.6. The Balaban J connectivity index is 1.76. The fraction of sp³-hybridized carbons (Fsp3) is 0.0833. The minimum atomic E-state index is 0.324. The Kier molecular flexibility index (Phi) is 5.73. The van der Waals surface area contributed by atoms with E-state index in [0.29, 0.717) is 17.5 Å². The summed E-state index contributed by atoms with van der Waals surface area (Å²) in [6.45, 7) is 0.416.